The number of pyridine rings is 1. The van der Waals surface area contributed by atoms with E-state index in [9.17, 15) is 9.59 Å². The second-order valence-electron chi connectivity index (χ2n) is 6.50. The van der Waals surface area contributed by atoms with Gasteiger partial charge in [0, 0.05) is 32.3 Å². The first kappa shape index (κ1) is 18.3. The van der Waals surface area contributed by atoms with Crippen LogP contribution in [0.2, 0.25) is 0 Å². The van der Waals surface area contributed by atoms with Crippen LogP contribution in [0.25, 0.3) is 10.8 Å². The third kappa shape index (κ3) is 4.36. The molecule has 2 amide bonds. The molecule has 1 aliphatic heterocycles. The Balaban J connectivity index is 1.66. The van der Waals surface area contributed by atoms with Crippen LogP contribution in [0.4, 0.5) is 0 Å². The van der Waals surface area contributed by atoms with Crippen molar-refractivity contribution >= 4 is 22.6 Å². The highest BCUT2D eigenvalue weighted by atomic mass is 16.5. The molecular formula is C19H23N3O4. The molecule has 7 heteroatoms. The van der Waals surface area contributed by atoms with Crippen molar-refractivity contribution in [3.8, 4) is 0 Å². The van der Waals surface area contributed by atoms with Gasteiger partial charge in [-0.3, -0.25) is 14.6 Å². The average molecular weight is 357 g/mol. The Morgan fingerprint density at radius 1 is 1.31 bits per heavy atom. The molecule has 1 N–H and O–H groups in total. The summed E-state index contributed by atoms with van der Waals surface area (Å²) in [5.41, 5.74) is 0.360. The predicted octanol–water partition coefficient (Wildman–Crippen LogP) is 1.23. The zero-order valence-corrected chi connectivity index (χ0v) is 15.0. The van der Waals surface area contributed by atoms with Crippen LogP contribution in [0.5, 0.6) is 0 Å². The van der Waals surface area contributed by atoms with Gasteiger partial charge in [-0.25, -0.2) is 0 Å². The van der Waals surface area contributed by atoms with Gasteiger partial charge in [-0.1, -0.05) is 24.3 Å². The molecule has 0 radical (unpaired) electrons. The van der Waals surface area contributed by atoms with Crippen LogP contribution in [0.15, 0.2) is 36.5 Å². The summed E-state index contributed by atoms with van der Waals surface area (Å²) in [5, 5.41) is 4.92. The number of fused-ring (bicyclic) bond motifs is 1. The van der Waals surface area contributed by atoms with Gasteiger partial charge in [0.25, 0.3) is 5.91 Å². The lowest BCUT2D eigenvalue weighted by molar-refractivity contribution is -0.140. The molecule has 1 aromatic carbocycles. The van der Waals surface area contributed by atoms with E-state index in [1.54, 1.807) is 26.4 Å². The lowest BCUT2D eigenvalue weighted by Gasteiger charge is -2.32. The summed E-state index contributed by atoms with van der Waals surface area (Å²) >= 11 is 0. The largest absolute Gasteiger partial charge is 0.379 e. The van der Waals surface area contributed by atoms with Crippen molar-refractivity contribution in [1.29, 1.82) is 0 Å². The van der Waals surface area contributed by atoms with E-state index < -0.39 is 0 Å². The van der Waals surface area contributed by atoms with Crippen LogP contribution in [0.1, 0.15) is 16.9 Å². The molecular weight excluding hydrogens is 334 g/mol. The second-order valence-corrected chi connectivity index (χ2v) is 6.50. The Morgan fingerprint density at radius 3 is 2.85 bits per heavy atom. The number of carbonyl (C=O) groups excluding carboxylic acids is 2. The van der Waals surface area contributed by atoms with Gasteiger partial charge in [0.2, 0.25) is 5.91 Å². The average Bonchev–Trinajstić information content (AvgIpc) is 2.66. The van der Waals surface area contributed by atoms with E-state index in [1.807, 2.05) is 24.3 Å². The summed E-state index contributed by atoms with van der Waals surface area (Å²) in [4.78, 5) is 30.0. The fourth-order valence-corrected chi connectivity index (χ4v) is 2.80. The lowest BCUT2D eigenvalue weighted by atomic mass is 10.1. The fraction of sp³-hybridized carbons (Fsp3) is 0.421. The van der Waals surface area contributed by atoms with Crippen LogP contribution in [0.3, 0.4) is 0 Å². The summed E-state index contributed by atoms with van der Waals surface area (Å²) in [7, 11) is 3.35. The van der Waals surface area contributed by atoms with Crippen LogP contribution in [-0.2, 0) is 14.3 Å². The highest BCUT2D eigenvalue weighted by molar-refractivity contribution is 5.96. The molecule has 0 aliphatic carbocycles. The van der Waals surface area contributed by atoms with Crippen LogP contribution in [0, 0.1) is 0 Å². The zero-order chi connectivity index (χ0) is 18.5. The molecule has 0 spiro atoms. The van der Waals surface area contributed by atoms with E-state index >= 15 is 0 Å². The first-order valence-corrected chi connectivity index (χ1v) is 8.60. The summed E-state index contributed by atoms with van der Waals surface area (Å²) in [6.45, 7) is 0.843. The zero-order valence-electron chi connectivity index (χ0n) is 15.0. The summed E-state index contributed by atoms with van der Waals surface area (Å²) in [5.74, 6) is -0.382. The minimum absolute atomic E-state index is 0.0401. The number of likely N-dealkylation sites (N-methyl/N-ethyl adjacent to an activating group) is 1. The normalized spacial score (nSPS) is 19.9. The smallest absolute Gasteiger partial charge is 0.270 e. The quantitative estimate of drug-likeness (QED) is 0.870. The SMILES string of the molecule is CN(C)C(=O)CO[C@@H]1COCC[C@H]1NC(=O)c1cc2ccccc2cn1. The Kier molecular flexibility index (Phi) is 5.80. The summed E-state index contributed by atoms with van der Waals surface area (Å²) in [6.07, 6.45) is 1.95. The Labute approximate surface area is 152 Å². The number of nitrogens with zero attached hydrogens (tertiary/aromatic N) is 2. The highest BCUT2D eigenvalue weighted by Crippen LogP contribution is 2.15. The van der Waals surface area contributed by atoms with Crippen molar-refractivity contribution in [2.45, 2.75) is 18.6 Å². The van der Waals surface area contributed by atoms with Crippen molar-refractivity contribution in [2.24, 2.45) is 0 Å². The van der Waals surface area contributed by atoms with Crippen LogP contribution >= 0.6 is 0 Å². The number of ether oxygens (including phenoxy) is 2. The standard InChI is InChI=1S/C19H23N3O4/c1-22(2)18(23)12-26-17-11-25-8-7-15(17)21-19(24)16-9-13-5-3-4-6-14(13)10-20-16/h3-6,9-10,15,17H,7-8,11-12H2,1-2H3,(H,21,24)/t15-,17-/m1/s1. The molecule has 2 aromatic rings. The monoisotopic (exact) mass is 357 g/mol. The molecule has 3 rings (SSSR count). The van der Waals surface area contributed by atoms with E-state index in [2.05, 4.69) is 10.3 Å². The summed E-state index contributed by atoms with van der Waals surface area (Å²) in [6, 6.07) is 9.31. The lowest BCUT2D eigenvalue weighted by Crippen LogP contribution is -2.50. The number of amides is 2. The van der Waals surface area contributed by atoms with Crippen molar-refractivity contribution in [3.63, 3.8) is 0 Å². The number of nitrogens with one attached hydrogen (secondary N) is 1. The van der Waals surface area contributed by atoms with E-state index in [0.29, 0.717) is 25.3 Å². The van der Waals surface area contributed by atoms with Gasteiger partial charge < -0.3 is 19.7 Å². The third-order valence-corrected chi connectivity index (χ3v) is 4.40. The fourth-order valence-electron chi connectivity index (χ4n) is 2.80. The second kappa shape index (κ2) is 8.25. The van der Waals surface area contributed by atoms with Crippen molar-refractivity contribution in [1.82, 2.24) is 15.2 Å². The molecule has 0 unspecified atom stereocenters. The first-order chi connectivity index (χ1) is 12.5. The van der Waals surface area contributed by atoms with Gasteiger partial charge in [0.15, 0.2) is 0 Å². The predicted molar refractivity (Wildman–Crippen MR) is 96.9 cm³/mol. The van der Waals surface area contributed by atoms with Gasteiger partial charge in [-0.2, -0.15) is 0 Å². The van der Waals surface area contributed by atoms with Gasteiger partial charge >= 0.3 is 0 Å². The maximum atomic E-state index is 12.6. The molecule has 2 heterocycles. The highest BCUT2D eigenvalue weighted by Gasteiger charge is 2.29. The molecule has 0 saturated carbocycles. The molecule has 1 aromatic heterocycles. The maximum absolute atomic E-state index is 12.6. The number of rotatable bonds is 5. The number of hydrogen-bond acceptors (Lipinski definition) is 5. The van der Waals surface area contributed by atoms with Gasteiger partial charge in [0.1, 0.15) is 18.4 Å². The molecule has 26 heavy (non-hydrogen) atoms. The first-order valence-electron chi connectivity index (χ1n) is 8.60. The van der Waals surface area contributed by atoms with E-state index in [0.717, 1.165) is 10.8 Å². The topological polar surface area (TPSA) is 80.8 Å². The number of hydrogen-bond donors (Lipinski definition) is 1. The molecule has 7 nitrogen and oxygen atoms in total. The van der Waals surface area contributed by atoms with Crippen molar-refractivity contribution < 1.29 is 19.1 Å². The van der Waals surface area contributed by atoms with Gasteiger partial charge in [-0.05, 0) is 17.9 Å². The maximum Gasteiger partial charge on any atom is 0.270 e. The Bertz CT molecular complexity index is 793. The molecule has 2 atom stereocenters. The van der Waals surface area contributed by atoms with Gasteiger partial charge in [-0.15, -0.1) is 0 Å². The third-order valence-electron chi connectivity index (χ3n) is 4.40. The number of carbonyl (C=O) groups is 2. The Morgan fingerprint density at radius 2 is 2.08 bits per heavy atom. The van der Waals surface area contributed by atoms with E-state index in [-0.39, 0.29) is 30.6 Å². The molecule has 1 fully saturated rings. The Hall–Kier alpha value is -2.51. The van der Waals surface area contributed by atoms with E-state index in [1.165, 1.54) is 4.90 Å². The molecule has 138 valence electrons. The van der Waals surface area contributed by atoms with E-state index in [4.69, 9.17) is 9.47 Å². The summed E-state index contributed by atoms with van der Waals surface area (Å²) < 4.78 is 11.1. The molecule has 1 aliphatic rings. The molecule has 0 bridgehead atoms. The van der Waals surface area contributed by atoms with Gasteiger partial charge in [0.05, 0.1) is 12.6 Å². The van der Waals surface area contributed by atoms with Crippen molar-refractivity contribution in [2.75, 3.05) is 33.9 Å². The van der Waals surface area contributed by atoms with Crippen LogP contribution < -0.4 is 5.32 Å². The minimum Gasteiger partial charge on any atom is -0.379 e. The number of aromatic nitrogens is 1. The van der Waals surface area contributed by atoms with Crippen LogP contribution in [-0.4, -0.2) is 67.8 Å². The van der Waals surface area contributed by atoms with Crippen molar-refractivity contribution in [3.05, 3.63) is 42.2 Å². The number of benzene rings is 1. The molecule has 1 saturated heterocycles. The minimum atomic E-state index is -0.364.